The van der Waals surface area contributed by atoms with Gasteiger partial charge in [0.15, 0.2) is 5.78 Å². The molecule has 0 bridgehead atoms. The first-order valence-electron chi connectivity index (χ1n) is 6.72. The summed E-state index contributed by atoms with van der Waals surface area (Å²) in [4.78, 5) is 25.4. The summed E-state index contributed by atoms with van der Waals surface area (Å²) < 4.78 is 0. The Balaban J connectivity index is 2.21. The molecule has 1 atom stereocenters. The van der Waals surface area contributed by atoms with Crippen molar-refractivity contribution in [3.8, 4) is 0 Å². The van der Waals surface area contributed by atoms with Crippen molar-refractivity contribution in [3.05, 3.63) is 29.8 Å². The number of Topliss-reactive ketones (excluding diaryl/α,β-unsaturated/α-hetero) is 1. The van der Waals surface area contributed by atoms with Crippen LogP contribution in [-0.2, 0) is 4.79 Å². The average molecular weight is 260 g/mol. The summed E-state index contributed by atoms with van der Waals surface area (Å²) in [5.74, 6) is 0.165. The maximum atomic E-state index is 12.3. The minimum Gasteiger partial charge on any atom is -0.316 e. The monoisotopic (exact) mass is 260 g/mol. The zero-order chi connectivity index (χ0) is 13.8. The molecule has 0 aliphatic carbocycles. The van der Waals surface area contributed by atoms with E-state index in [1.165, 1.54) is 0 Å². The lowest BCUT2D eigenvalue weighted by atomic mass is 10.1. The van der Waals surface area contributed by atoms with Gasteiger partial charge in [0, 0.05) is 30.3 Å². The predicted molar refractivity (Wildman–Crippen MR) is 75.5 cm³/mol. The van der Waals surface area contributed by atoms with Crippen LogP contribution in [0.2, 0.25) is 0 Å². The molecule has 1 heterocycles. The third kappa shape index (κ3) is 3.20. The van der Waals surface area contributed by atoms with Crippen LogP contribution in [0.3, 0.4) is 0 Å². The van der Waals surface area contributed by atoms with Crippen molar-refractivity contribution in [3.63, 3.8) is 0 Å². The van der Waals surface area contributed by atoms with Crippen molar-refractivity contribution in [2.75, 3.05) is 24.5 Å². The largest absolute Gasteiger partial charge is 0.316 e. The molecular weight excluding hydrogens is 240 g/mol. The van der Waals surface area contributed by atoms with E-state index < -0.39 is 0 Å². The normalized spacial score (nSPS) is 20.8. The van der Waals surface area contributed by atoms with Crippen LogP contribution in [0.15, 0.2) is 24.3 Å². The van der Waals surface area contributed by atoms with Gasteiger partial charge >= 0.3 is 0 Å². The number of hydrogen-bond donors (Lipinski definition) is 1. The minimum atomic E-state index is -0.0206. The molecule has 1 N–H and O–H groups in total. The molecule has 1 aliphatic heterocycles. The van der Waals surface area contributed by atoms with Crippen LogP contribution in [0.25, 0.3) is 0 Å². The first-order chi connectivity index (χ1) is 9.09. The van der Waals surface area contributed by atoms with Crippen molar-refractivity contribution in [1.29, 1.82) is 0 Å². The second kappa shape index (κ2) is 5.97. The molecule has 0 spiro atoms. The summed E-state index contributed by atoms with van der Waals surface area (Å²) in [5.41, 5.74) is 1.56. The Hall–Kier alpha value is -1.68. The van der Waals surface area contributed by atoms with E-state index in [4.69, 9.17) is 0 Å². The highest BCUT2D eigenvalue weighted by Gasteiger charge is 2.23. The number of nitrogens with one attached hydrogen (secondary N) is 1. The third-order valence-electron chi connectivity index (χ3n) is 3.46. The lowest BCUT2D eigenvalue weighted by Gasteiger charge is -2.28. The molecule has 1 aromatic carbocycles. The van der Waals surface area contributed by atoms with Gasteiger partial charge in [0.25, 0.3) is 0 Å². The van der Waals surface area contributed by atoms with Crippen LogP contribution >= 0.6 is 0 Å². The molecule has 1 saturated heterocycles. The minimum absolute atomic E-state index is 0.0206. The van der Waals surface area contributed by atoms with Gasteiger partial charge in [-0.15, -0.1) is 0 Å². The summed E-state index contributed by atoms with van der Waals surface area (Å²) in [7, 11) is 0. The molecule has 4 nitrogen and oxygen atoms in total. The second-order valence-electron chi connectivity index (χ2n) is 5.05. The topological polar surface area (TPSA) is 49.4 Å². The maximum absolute atomic E-state index is 12.3. The van der Waals surface area contributed by atoms with E-state index in [1.807, 2.05) is 24.0 Å². The van der Waals surface area contributed by atoms with Gasteiger partial charge in [0.2, 0.25) is 5.91 Å². The lowest BCUT2D eigenvalue weighted by Crippen LogP contribution is -2.43. The number of carbonyl (C=O) groups excluding carboxylic acids is 2. The molecule has 1 amide bonds. The van der Waals surface area contributed by atoms with E-state index in [-0.39, 0.29) is 17.6 Å². The zero-order valence-corrected chi connectivity index (χ0v) is 11.5. The van der Waals surface area contributed by atoms with Crippen molar-refractivity contribution < 1.29 is 9.59 Å². The number of rotatable bonds is 2. The second-order valence-corrected chi connectivity index (χ2v) is 5.05. The quantitative estimate of drug-likeness (QED) is 0.826. The molecular formula is C15H20N2O2. The van der Waals surface area contributed by atoms with Crippen LogP contribution in [0, 0.1) is 5.92 Å². The fourth-order valence-electron chi connectivity index (χ4n) is 2.28. The number of carbonyl (C=O) groups is 2. The van der Waals surface area contributed by atoms with Gasteiger partial charge in [-0.25, -0.2) is 0 Å². The van der Waals surface area contributed by atoms with Crippen LogP contribution in [-0.4, -0.2) is 31.3 Å². The number of benzene rings is 1. The number of anilines is 1. The highest BCUT2D eigenvalue weighted by atomic mass is 16.2. The van der Waals surface area contributed by atoms with Gasteiger partial charge in [0.05, 0.1) is 0 Å². The Morgan fingerprint density at radius 2 is 2.00 bits per heavy atom. The molecule has 1 fully saturated rings. The van der Waals surface area contributed by atoms with Gasteiger partial charge in [-0.2, -0.15) is 0 Å². The highest BCUT2D eigenvalue weighted by Crippen LogP contribution is 2.19. The van der Waals surface area contributed by atoms with Gasteiger partial charge in [0.1, 0.15) is 0 Å². The number of nitrogens with zero attached hydrogens (tertiary/aromatic N) is 1. The van der Waals surface area contributed by atoms with Crippen LogP contribution < -0.4 is 10.2 Å². The first kappa shape index (κ1) is 13.7. The number of hydrogen-bond acceptors (Lipinski definition) is 3. The predicted octanol–water partition coefficient (Wildman–Crippen LogP) is 1.85. The van der Waals surface area contributed by atoms with E-state index in [1.54, 1.807) is 19.1 Å². The fraction of sp³-hybridized carbons (Fsp3) is 0.467. The molecule has 1 unspecified atom stereocenters. The molecule has 4 heteroatoms. The molecule has 0 aromatic heterocycles. The number of amides is 1. The fourth-order valence-corrected chi connectivity index (χ4v) is 2.28. The smallest absolute Gasteiger partial charge is 0.231 e. The molecule has 1 aliphatic rings. The summed E-state index contributed by atoms with van der Waals surface area (Å²) in [6.45, 7) is 5.86. The molecule has 1 aromatic rings. The zero-order valence-electron chi connectivity index (χ0n) is 11.5. The molecule has 0 radical (unpaired) electrons. The molecule has 102 valence electrons. The summed E-state index contributed by atoms with van der Waals surface area (Å²) >= 11 is 0. The van der Waals surface area contributed by atoms with Gasteiger partial charge in [-0.1, -0.05) is 6.92 Å². The van der Waals surface area contributed by atoms with Crippen LogP contribution in [0.4, 0.5) is 5.69 Å². The Kier molecular flexibility index (Phi) is 4.32. The SMILES string of the molecule is CC(=O)c1ccc(N2CCCNCC(C)C2=O)cc1. The molecule has 0 saturated carbocycles. The Bertz CT molecular complexity index is 468. The van der Waals surface area contributed by atoms with Crippen molar-refractivity contribution >= 4 is 17.4 Å². The van der Waals surface area contributed by atoms with E-state index >= 15 is 0 Å². The van der Waals surface area contributed by atoms with Gasteiger partial charge in [-0.05, 0) is 44.2 Å². The Morgan fingerprint density at radius 3 is 2.63 bits per heavy atom. The number of ketones is 1. The van der Waals surface area contributed by atoms with E-state index in [0.29, 0.717) is 5.56 Å². The van der Waals surface area contributed by atoms with Crippen molar-refractivity contribution in [2.24, 2.45) is 5.92 Å². The summed E-state index contributed by atoms with van der Waals surface area (Å²) in [6.07, 6.45) is 0.937. The molecule has 19 heavy (non-hydrogen) atoms. The van der Waals surface area contributed by atoms with Crippen molar-refractivity contribution in [2.45, 2.75) is 20.3 Å². The van der Waals surface area contributed by atoms with E-state index in [0.717, 1.165) is 31.7 Å². The lowest BCUT2D eigenvalue weighted by molar-refractivity contribution is -0.122. The Morgan fingerprint density at radius 1 is 1.32 bits per heavy atom. The summed E-state index contributed by atoms with van der Waals surface area (Å²) in [5, 5.41) is 3.27. The van der Waals surface area contributed by atoms with Gasteiger partial charge in [-0.3, -0.25) is 9.59 Å². The van der Waals surface area contributed by atoms with Crippen molar-refractivity contribution in [1.82, 2.24) is 5.32 Å². The molecule has 2 rings (SSSR count). The highest BCUT2D eigenvalue weighted by molar-refractivity contribution is 5.97. The maximum Gasteiger partial charge on any atom is 0.231 e. The Labute approximate surface area is 113 Å². The van der Waals surface area contributed by atoms with E-state index in [9.17, 15) is 9.59 Å². The van der Waals surface area contributed by atoms with Crippen LogP contribution in [0.5, 0.6) is 0 Å². The first-order valence-corrected chi connectivity index (χ1v) is 6.72. The van der Waals surface area contributed by atoms with E-state index in [2.05, 4.69) is 5.32 Å². The summed E-state index contributed by atoms with van der Waals surface area (Å²) in [6, 6.07) is 7.28. The third-order valence-corrected chi connectivity index (χ3v) is 3.46. The van der Waals surface area contributed by atoms with Crippen LogP contribution in [0.1, 0.15) is 30.6 Å². The van der Waals surface area contributed by atoms with Gasteiger partial charge < -0.3 is 10.2 Å². The standard InChI is InChI=1S/C15H20N2O2/c1-11-10-16-8-3-9-17(15(11)19)14-6-4-13(5-7-14)12(2)18/h4-7,11,16H,3,8-10H2,1-2H3. The average Bonchev–Trinajstić information content (AvgIpc) is 2.40.